The highest BCUT2D eigenvalue weighted by atomic mass is 16.3. The molecular formula is C11H24O2. The van der Waals surface area contributed by atoms with Gasteiger partial charge in [-0.3, -0.25) is 0 Å². The van der Waals surface area contributed by atoms with Gasteiger partial charge in [0, 0.05) is 0 Å². The van der Waals surface area contributed by atoms with E-state index in [9.17, 15) is 10.2 Å². The van der Waals surface area contributed by atoms with Crippen LogP contribution in [0.15, 0.2) is 0 Å². The monoisotopic (exact) mass is 188 g/mol. The zero-order valence-electron chi connectivity index (χ0n) is 9.00. The highest BCUT2D eigenvalue weighted by Gasteiger charge is 2.05. The van der Waals surface area contributed by atoms with Crippen LogP contribution in [0, 0.1) is 0 Å². The van der Waals surface area contributed by atoms with Gasteiger partial charge >= 0.3 is 0 Å². The van der Waals surface area contributed by atoms with Crippen molar-refractivity contribution >= 4 is 0 Å². The van der Waals surface area contributed by atoms with Crippen LogP contribution in [0.5, 0.6) is 0 Å². The van der Waals surface area contributed by atoms with E-state index in [-0.39, 0.29) is 12.2 Å². The highest BCUT2D eigenvalue weighted by Crippen LogP contribution is 2.10. The first-order chi connectivity index (χ1) is 6.20. The molecule has 2 atom stereocenters. The molecule has 0 radical (unpaired) electrons. The maximum Gasteiger partial charge on any atom is 0.0540 e. The van der Waals surface area contributed by atoms with Gasteiger partial charge in [0.25, 0.3) is 0 Å². The molecule has 2 heteroatoms. The molecule has 80 valence electrons. The van der Waals surface area contributed by atoms with Crippen molar-refractivity contribution in [2.45, 2.75) is 71.0 Å². The third kappa shape index (κ3) is 8.26. The van der Waals surface area contributed by atoms with Crippen molar-refractivity contribution in [1.82, 2.24) is 0 Å². The molecule has 0 spiro atoms. The van der Waals surface area contributed by atoms with Gasteiger partial charge in [-0.2, -0.15) is 0 Å². The molecule has 0 rings (SSSR count). The first-order valence-corrected chi connectivity index (χ1v) is 5.56. The van der Waals surface area contributed by atoms with Gasteiger partial charge in [0.05, 0.1) is 12.2 Å². The summed E-state index contributed by atoms with van der Waals surface area (Å²) >= 11 is 0. The smallest absolute Gasteiger partial charge is 0.0540 e. The standard InChI is InChI=1S/C11H24O2/c1-3-6-10(12)8-5-9-11(13)7-4-2/h10-13H,3-9H2,1-2H3. The zero-order valence-corrected chi connectivity index (χ0v) is 9.00. The molecule has 0 aliphatic rings. The number of hydrogen-bond acceptors (Lipinski definition) is 2. The summed E-state index contributed by atoms with van der Waals surface area (Å²) in [6, 6.07) is 0. The summed E-state index contributed by atoms with van der Waals surface area (Å²) < 4.78 is 0. The summed E-state index contributed by atoms with van der Waals surface area (Å²) in [5.74, 6) is 0. The molecular weight excluding hydrogens is 164 g/mol. The van der Waals surface area contributed by atoms with Gasteiger partial charge in [0.2, 0.25) is 0 Å². The summed E-state index contributed by atoms with van der Waals surface area (Å²) in [6.45, 7) is 4.16. The molecule has 0 aromatic heterocycles. The lowest BCUT2D eigenvalue weighted by molar-refractivity contribution is 0.123. The molecule has 0 fully saturated rings. The fourth-order valence-corrected chi connectivity index (χ4v) is 1.54. The summed E-state index contributed by atoms with van der Waals surface area (Å²) in [4.78, 5) is 0. The van der Waals surface area contributed by atoms with E-state index >= 15 is 0 Å². The third-order valence-electron chi connectivity index (χ3n) is 2.32. The summed E-state index contributed by atoms with van der Waals surface area (Å²) in [5.41, 5.74) is 0. The largest absolute Gasteiger partial charge is 0.393 e. The van der Waals surface area contributed by atoms with Crippen molar-refractivity contribution in [2.24, 2.45) is 0 Å². The van der Waals surface area contributed by atoms with Crippen molar-refractivity contribution in [3.8, 4) is 0 Å². The Morgan fingerprint density at radius 1 is 0.769 bits per heavy atom. The fourth-order valence-electron chi connectivity index (χ4n) is 1.54. The number of aliphatic hydroxyl groups excluding tert-OH is 2. The predicted molar refractivity (Wildman–Crippen MR) is 55.7 cm³/mol. The number of hydrogen-bond donors (Lipinski definition) is 2. The number of aliphatic hydroxyl groups is 2. The molecule has 0 saturated carbocycles. The molecule has 0 aliphatic heterocycles. The van der Waals surface area contributed by atoms with Crippen LogP contribution in [0.4, 0.5) is 0 Å². The van der Waals surface area contributed by atoms with E-state index in [4.69, 9.17) is 0 Å². The second kappa shape index (κ2) is 8.52. The van der Waals surface area contributed by atoms with Crippen LogP contribution in [0.3, 0.4) is 0 Å². The van der Waals surface area contributed by atoms with E-state index in [1.54, 1.807) is 0 Å². The summed E-state index contributed by atoms with van der Waals surface area (Å²) in [7, 11) is 0. The lowest BCUT2D eigenvalue weighted by Gasteiger charge is -2.11. The third-order valence-corrected chi connectivity index (χ3v) is 2.32. The second-order valence-corrected chi connectivity index (χ2v) is 3.82. The quantitative estimate of drug-likeness (QED) is 0.614. The Morgan fingerprint density at radius 3 is 1.46 bits per heavy atom. The van der Waals surface area contributed by atoms with E-state index in [1.807, 2.05) is 0 Å². The molecule has 0 aromatic rings. The molecule has 13 heavy (non-hydrogen) atoms. The van der Waals surface area contributed by atoms with Crippen molar-refractivity contribution in [1.29, 1.82) is 0 Å². The van der Waals surface area contributed by atoms with Crippen LogP contribution in [-0.2, 0) is 0 Å². The van der Waals surface area contributed by atoms with E-state index in [2.05, 4.69) is 13.8 Å². The van der Waals surface area contributed by atoms with Gasteiger partial charge in [0.15, 0.2) is 0 Å². The molecule has 2 nitrogen and oxygen atoms in total. The van der Waals surface area contributed by atoms with E-state index in [0.717, 1.165) is 44.9 Å². The lowest BCUT2D eigenvalue weighted by Crippen LogP contribution is -2.09. The zero-order chi connectivity index (χ0) is 10.1. The van der Waals surface area contributed by atoms with Crippen molar-refractivity contribution in [2.75, 3.05) is 0 Å². The molecule has 0 saturated heterocycles. The Morgan fingerprint density at radius 2 is 1.15 bits per heavy atom. The molecule has 0 heterocycles. The predicted octanol–water partition coefficient (Wildman–Crippen LogP) is 2.48. The number of rotatable bonds is 8. The summed E-state index contributed by atoms with van der Waals surface area (Å²) in [6.07, 6.45) is 6.19. The van der Waals surface area contributed by atoms with E-state index < -0.39 is 0 Å². The minimum atomic E-state index is -0.154. The topological polar surface area (TPSA) is 40.5 Å². The first kappa shape index (κ1) is 12.9. The van der Waals surface area contributed by atoms with Crippen LogP contribution in [0.25, 0.3) is 0 Å². The SMILES string of the molecule is CCCC(O)CCCC(O)CCC. The molecule has 2 unspecified atom stereocenters. The van der Waals surface area contributed by atoms with Crippen LogP contribution < -0.4 is 0 Å². The average Bonchev–Trinajstić information content (AvgIpc) is 2.05. The Bertz CT molecular complexity index is 92.3. The molecule has 0 aromatic carbocycles. The van der Waals surface area contributed by atoms with Crippen LogP contribution >= 0.6 is 0 Å². The van der Waals surface area contributed by atoms with E-state index in [1.165, 1.54) is 0 Å². The Balaban J connectivity index is 3.23. The first-order valence-electron chi connectivity index (χ1n) is 5.56. The highest BCUT2D eigenvalue weighted by molar-refractivity contribution is 4.59. The van der Waals surface area contributed by atoms with Gasteiger partial charge in [0.1, 0.15) is 0 Å². The average molecular weight is 188 g/mol. The second-order valence-electron chi connectivity index (χ2n) is 3.82. The minimum absolute atomic E-state index is 0.154. The Labute approximate surface area is 82.0 Å². The van der Waals surface area contributed by atoms with Crippen LogP contribution in [0.2, 0.25) is 0 Å². The Hall–Kier alpha value is -0.0800. The minimum Gasteiger partial charge on any atom is -0.393 e. The maximum atomic E-state index is 9.41. The van der Waals surface area contributed by atoms with Gasteiger partial charge in [-0.05, 0) is 32.1 Å². The van der Waals surface area contributed by atoms with Gasteiger partial charge < -0.3 is 10.2 Å². The van der Waals surface area contributed by atoms with Crippen LogP contribution in [-0.4, -0.2) is 22.4 Å². The normalized spacial score (nSPS) is 15.7. The van der Waals surface area contributed by atoms with Crippen molar-refractivity contribution in [3.05, 3.63) is 0 Å². The van der Waals surface area contributed by atoms with Crippen molar-refractivity contribution in [3.63, 3.8) is 0 Å². The lowest BCUT2D eigenvalue weighted by atomic mass is 10.0. The molecule has 2 N–H and O–H groups in total. The van der Waals surface area contributed by atoms with E-state index in [0.29, 0.717) is 0 Å². The van der Waals surface area contributed by atoms with Crippen molar-refractivity contribution < 1.29 is 10.2 Å². The van der Waals surface area contributed by atoms with Gasteiger partial charge in [-0.15, -0.1) is 0 Å². The Kier molecular flexibility index (Phi) is 8.46. The van der Waals surface area contributed by atoms with Crippen LogP contribution in [0.1, 0.15) is 58.8 Å². The molecule has 0 amide bonds. The van der Waals surface area contributed by atoms with Gasteiger partial charge in [-0.1, -0.05) is 26.7 Å². The molecule has 0 aliphatic carbocycles. The fraction of sp³-hybridized carbons (Fsp3) is 1.00. The summed E-state index contributed by atoms with van der Waals surface area (Å²) in [5, 5.41) is 18.8. The van der Waals surface area contributed by atoms with Gasteiger partial charge in [-0.25, -0.2) is 0 Å². The maximum absolute atomic E-state index is 9.41. The molecule has 0 bridgehead atoms.